The third-order valence-corrected chi connectivity index (χ3v) is 3.77. The Kier molecular flexibility index (Phi) is 4.81. The van der Waals surface area contributed by atoms with Crippen LogP contribution in [0, 0.1) is 5.92 Å². The zero-order chi connectivity index (χ0) is 14.6. The first-order valence-corrected chi connectivity index (χ1v) is 6.74. The number of ketones is 1. The summed E-state index contributed by atoms with van der Waals surface area (Å²) in [4.78, 5) is 11.8. The van der Waals surface area contributed by atoms with Crippen LogP contribution in [0.25, 0.3) is 0 Å². The number of alkyl halides is 3. The summed E-state index contributed by atoms with van der Waals surface area (Å²) >= 11 is 0. The first-order valence-electron chi connectivity index (χ1n) is 6.74. The zero-order valence-corrected chi connectivity index (χ0v) is 11.0. The lowest BCUT2D eigenvalue weighted by Crippen LogP contribution is -2.26. The fourth-order valence-corrected chi connectivity index (χ4v) is 2.74. The van der Waals surface area contributed by atoms with Gasteiger partial charge < -0.3 is 0 Å². The van der Waals surface area contributed by atoms with E-state index in [4.69, 9.17) is 0 Å². The van der Waals surface area contributed by atoms with Gasteiger partial charge in [0.25, 0.3) is 0 Å². The van der Waals surface area contributed by atoms with E-state index in [1.807, 2.05) is 30.3 Å². The van der Waals surface area contributed by atoms with Crippen LogP contribution >= 0.6 is 0 Å². The number of Topliss-reactive ketones (excluding diaryl/α,β-unsaturated/α-hetero) is 1. The summed E-state index contributed by atoms with van der Waals surface area (Å²) in [6.07, 6.45) is -2.64. The molecule has 0 aromatic heterocycles. The van der Waals surface area contributed by atoms with Crippen LogP contribution in [0.4, 0.5) is 13.2 Å². The van der Waals surface area contributed by atoms with Crippen LogP contribution in [-0.4, -0.2) is 18.8 Å². The van der Waals surface area contributed by atoms with Crippen molar-refractivity contribution < 1.29 is 22.7 Å². The molecule has 2 nitrogen and oxygen atoms in total. The first kappa shape index (κ1) is 15.0. The van der Waals surface area contributed by atoms with Gasteiger partial charge in [0.2, 0.25) is 0 Å². The van der Waals surface area contributed by atoms with Crippen LogP contribution in [0.2, 0.25) is 0 Å². The van der Waals surface area contributed by atoms with Gasteiger partial charge in [0.15, 0.2) is 0 Å². The van der Waals surface area contributed by atoms with Crippen molar-refractivity contribution in [3.63, 3.8) is 0 Å². The predicted molar refractivity (Wildman–Crippen MR) is 68.2 cm³/mol. The summed E-state index contributed by atoms with van der Waals surface area (Å²) in [5.74, 6) is -0.0101. The van der Waals surface area contributed by atoms with Crippen LogP contribution in [0.1, 0.15) is 37.2 Å². The van der Waals surface area contributed by atoms with Crippen LogP contribution in [0.3, 0.4) is 0 Å². The van der Waals surface area contributed by atoms with Gasteiger partial charge in [-0.2, -0.15) is 0 Å². The van der Waals surface area contributed by atoms with E-state index in [0.717, 1.165) is 12.0 Å². The van der Waals surface area contributed by atoms with E-state index >= 15 is 0 Å². The minimum atomic E-state index is -4.61. The van der Waals surface area contributed by atoms with E-state index in [-0.39, 0.29) is 24.0 Å². The van der Waals surface area contributed by atoms with Gasteiger partial charge in [-0.25, -0.2) is 0 Å². The lowest BCUT2D eigenvalue weighted by atomic mass is 9.76. The minimum Gasteiger partial charge on any atom is -0.299 e. The van der Waals surface area contributed by atoms with E-state index < -0.39 is 13.0 Å². The Labute approximate surface area is 115 Å². The molecule has 2 atom stereocenters. The molecule has 20 heavy (non-hydrogen) atoms. The van der Waals surface area contributed by atoms with Gasteiger partial charge in [0, 0.05) is 12.3 Å². The topological polar surface area (TPSA) is 26.3 Å². The molecule has 0 bridgehead atoms. The maximum absolute atomic E-state index is 11.9. The molecule has 2 unspecified atom stereocenters. The fraction of sp³-hybridized carbons (Fsp3) is 0.533. The standard InChI is InChI=1S/C15H17F3O2/c16-15(17,18)20-9-8-13-10-12(6-7-14(13)19)11-4-2-1-3-5-11/h1-5,12-13H,6-10H2. The highest BCUT2D eigenvalue weighted by molar-refractivity contribution is 5.82. The van der Waals surface area contributed by atoms with Crippen LogP contribution in [0.15, 0.2) is 30.3 Å². The van der Waals surface area contributed by atoms with Gasteiger partial charge in [-0.05, 0) is 30.7 Å². The van der Waals surface area contributed by atoms with Crippen molar-refractivity contribution in [2.75, 3.05) is 6.61 Å². The largest absolute Gasteiger partial charge is 0.522 e. The maximum Gasteiger partial charge on any atom is 0.522 e. The van der Waals surface area contributed by atoms with Crippen LogP contribution in [-0.2, 0) is 9.53 Å². The maximum atomic E-state index is 11.9. The Bertz CT molecular complexity index is 442. The Morgan fingerprint density at radius 3 is 2.55 bits per heavy atom. The molecule has 1 aliphatic rings. The second-order valence-corrected chi connectivity index (χ2v) is 5.13. The Morgan fingerprint density at radius 2 is 1.90 bits per heavy atom. The Morgan fingerprint density at radius 1 is 1.20 bits per heavy atom. The lowest BCUT2D eigenvalue weighted by molar-refractivity contribution is -0.325. The SMILES string of the molecule is O=C1CCC(c2ccccc2)CC1CCOC(F)(F)F. The van der Waals surface area contributed by atoms with Gasteiger partial charge in [-0.3, -0.25) is 9.53 Å². The monoisotopic (exact) mass is 286 g/mol. The van der Waals surface area contributed by atoms with Crippen molar-refractivity contribution in [2.45, 2.75) is 38.0 Å². The number of benzene rings is 1. The van der Waals surface area contributed by atoms with Gasteiger partial charge in [0.05, 0.1) is 6.61 Å². The third kappa shape index (κ3) is 4.34. The normalized spacial score (nSPS) is 23.9. The number of hydrogen-bond donors (Lipinski definition) is 0. The number of carbonyl (C=O) groups is 1. The highest BCUT2D eigenvalue weighted by atomic mass is 19.4. The van der Waals surface area contributed by atoms with Crippen molar-refractivity contribution in [1.29, 1.82) is 0 Å². The minimum absolute atomic E-state index is 0.0583. The lowest BCUT2D eigenvalue weighted by Gasteiger charge is -2.28. The van der Waals surface area contributed by atoms with E-state index in [9.17, 15) is 18.0 Å². The Balaban J connectivity index is 1.90. The molecular formula is C15H17F3O2. The predicted octanol–water partition coefficient (Wildman–Crippen LogP) is 4.07. The van der Waals surface area contributed by atoms with Crippen molar-refractivity contribution in [3.8, 4) is 0 Å². The van der Waals surface area contributed by atoms with E-state index in [2.05, 4.69) is 4.74 Å². The molecule has 1 saturated carbocycles. The number of carbonyl (C=O) groups excluding carboxylic acids is 1. The molecule has 0 N–H and O–H groups in total. The van der Waals surface area contributed by atoms with Crippen molar-refractivity contribution in [3.05, 3.63) is 35.9 Å². The molecule has 0 saturated heterocycles. The summed E-state index contributed by atoms with van der Waals surface area (Å²) in [5, 5.41) is 0. The molecule has 1 aromatic rings. The number of hydrogen-bond acceptors (Lipinski definition) is 2. The molecule has 0 radical (unpaired) electrons. The van der Waals surface area contributed by atoms with Crippen LogP contribution in [0.5, 0.6) is 0 Å². The van der Waals surface area contributed by atoms with Gasteiger partial charge >= 0.3 is 6.36 Å². The van der Waals surface area contributed by atoms with Crippen LogP contribution < -0.4 is 0 Å². The smallest absolute Gasteiger partial charge is 0.299 e. The molecular weight excluding hydrogens is 269 g/mol. The molecule has 5 heteroatoms. The molecule has 0 amide bonds. The molecule has 2 rings (SSSR count). The van der Waals surface area contributed by atoms with Gasteiger partial charge in [-0.1, -0.05) is 30.3 Å². The van der Waals surface area contributed by atoms with E-state index in [1.54, 1.807) is 0 Å². The summed E-state index contributed by atoms with van der Waals surface area (Å²) in [6, 6.07) is 9.81. The van der Waals surface area contributed by atoms with Gasteiger partial charge in [0.1, 0.15) is 5.78 Å². The average molecular weight is 286 g/mol. The second-order valence-electron chi connectivity index (χ2n) is 5.13. The third-order valence-electron chi connectivity index (χ3n) is 3.77. The van der Waals surface area contributed by atoms with Crippen molar-refractivity contribution >= 4 is 5.78 Å². The highest BCUT2D eigenvalue weighted by Gasteiger charge is 2.32. The van der Waals surface area contributed by atoms with Crippen molar-refractivity contribution in [2.24, 2.45) is 5.92 Å². The van der Waals surface area contributed by atoms with Crippen molar-refractivity contribution in [1.82, 2.24) is 0 Å². The quantitative estimate of drug-likeness (QED) is 0.834. The molecule has 1 aromatic carbocycles. The first-order chi connectivity index (χ1) is 9.46. The highest BCUT2D eigenvalue weighted by Crippen LogP contribution is 2.36. The zero-order valence-electron chi connectivity index (χ0n) is 11.0. The fourth-order valence-electron chi connectivity index (χ4n) is 2.74. The summed E-state index contributed by atoms with van der Waals surface area (Å²) in [7, 11) is 0. The molecule has 0 heterocycles. The second kappa shape index (κ2) is 6.39. The Hall–Kier alpha value is -1.36. The average Bonchev–Trinajstić information content (AvgIpc) is 2.40. The molecule has 110 valence electrons. The molecule has 1 aliphatic carbocycles. The van der Waals surface area contributed by atoms with E-state index in [1.165, 1.54) is 0 Å². The number of rotatable bonds is 4. The molecule has 1 fully saturated rings. The number of halogens is 3. The molecule has 0 spiro atoms. The summed E-state index contributed by atoms with van der Waals surface area (Å²) in [6.45, 7) is -0.443. The van der Waals surface area contributed by atoms with Gasteiger partial charge in [-0.15, -0.1) is 13.2 Å². The summed E-state index contributed by atoms with van der Waals surface area (Å²) in [5.41, 5.74) is 1.15. The summed E-state index contributed by atoms with van der Waals surface area (Å²) < 4.78 is 39.6. The number of ether oxygens (including phenoxy) is 1. The van der Waals surface area contributed by atoms with E-state index in [0.29, 0.717) is 12.8 Å². The molecule has 0 aliphatic heterocycles.